The molecule has 2 aromatic carbocycles. The zero-order valence-electron chi connectivity index (χ0n) is 20.2. The SMILES string of the molecule is COCCOC(=O)C1=C(C)N=c2sc(=Cc3cc(Br)ccc3OC)c(=O)n2C1c1ccccc1OC. The number of methoxy groups -OCH3 is 3. The third-order valence-electron chi connectivity index (χ3n) is 5.67. The lowest BCUT2D eigenvalue weighted by Gasteiger charge is -2.26. The van der Waals surface area contributed by atoms with Crippen LogP contribution in [-0.2, 0) is 14.3 Å². The fourth-order valence-corrected chi connectivity index (χ4v) is 5.44. The number of nitrogens with zero attached hydrogens (tertiary/aromatic N) is 2. The molecule has 0 amide bonds. The molecule has 0 fully saturated rings. The topological polar surface area (TPSA) is 88.4 Å². The lowest BCUT2D eigenvalue weighted by atomic mass is 9.95. The highest BCUT2D eigenvalue weighted by Crippen LogP contribution is 2.35. The number of aromatic nitrogens is 1. The highest BCUT2D eigenvalue weighted by atomic mass is 79.9. The van der Waals surface area contributed by atoms with E-state index >= 15 is 0 Å². The molecule has 1 aliphatic heterocycles. The number of halogens is 1. The first-order valence-electron chi connectivity index (χ1n) is 11.0. The third kappa shape index (κ3) is 5.02. The summed E-state index contributed by atoms with van der Waals surface area (Å²) in [6.45, 7) is 2.08. The van der Waals surface area contributed by atoms with Crippen LogP contribution in [0.15, 0.2) is 68.0 Å². The first kappa shape index (κ1) is 25.9. The number of para-hydroxylation sites is 1. The Labute approximate surface area is 220 Å². The van der Waals surface area contributed by atoms with Crippen LogP contribution < -0.4 is 24.4 Å². The van der Waals surface area contributed by atoms with Gasteiger partial charge in [-0.25, -0.2) is 9.79 Å². The Kier molecular flexibility index (Phi) is 8.07. The molecule has 0 saturated heterocycles. The molecule has 8 nitrogen and oxygen atoms in total. The quantitative estimate of drug-likeness (QED) is 0.304. The van der Waals surface area contributed by atoms with Crippen molar-refractivity contribution in [2.24, 2.45) is 4.99 Å². The van der Waals surface area contributed by atoms with Crippen molar-refractivity contribution in [1.82, 2.24) is 4.57 Å². The summed E-state index contributed by atoms with van der Waals surface area (Å²) in [5.41, 5.74) is 1.85. The minimum Gasteiger partial charge on any atom is -0.496 e. The monoisotopic (exact) mass is 572 g/mol. The Morgan fingerprint density at radius 1 is 1.11 bits per heavy atom. The van der Waals surface area contributed by atoms with Crippen LogP contribution in [0.4, 0.5) is 0 Å². The number of esters is 1. The van der Waals surface area contributed by atoms with Gasteiger partial charge >= 0.3 is 5.97 Å². The summed E-state index contributed by atoms with van der Waals surface area (Å²) in [6, 6.07) is 12.1. The van der Waals surface area contributed by atoms with Crippen molar-refractivity contribution in [1.29, 1.82) is 0 Å². The number of benzene rings is 2. The van der Waals surface area contributed by atoms with Gasteiger partial charge < -0.3 is 18.9 Å². The predicted molar refractivity (Wildman–Crippen MR) is 140 cm³/mol. The van der Waals surface area contributed by atoms with Crippen LogP contribution in [0.5, 0.6) is 11.5 Å². The normalized spacial score (nSPS) is 15.4. The van der Waals surface area contributed by atoms with Gasteiger partial charge in [0, 0.05) is 22.7 Å². The van der Waals surface area contributed by atoms with Gasteiger partial charge in [-0.1, -0.05) is 45.5 Å². The first-order chi connectivity index (χ1) is 17.4. The summed E-state index contributed by atoms with van der Waals surface area (Å²) < 4.78 is 24.4. The summed E-state index contributed by atoms with van der Waals surface area (Å²) in [5.74, 6) is 0.610. The Morgan fingerprint density at radius 3 is 2.58 bits per heavy atom. The van der Waals surface area contributed by atoms with Crippen molar-refractivity contribution < 1.29 is 23.7 Å². The molecule has 0 spiro atoms. The number of fused-ring (bicyclic) bond motifs is 1. The molecule has 36 heavy (non-hydrogen) atoms. The number of hydrogen-bond acceptors (Lipinski definition) is 8. The van der Waals surface area contributed by atoms with Gasteiger partial charge in [-0.2, -0.15) is 0 Å². The molecule has 1 aliphatic rings. The van der Waals surface area contributed by atoms with E-state index in [1.165, 1.54) is 23.0 Å². The minimum absolute atomic E-state index is 0.0812. The lowest BCUT2D eigenvalue weighted by molar-refractivity contribution is -0.140. The average molecular weight is 573 g/mol. The molecular weight excluding hydrogens is 548 g/mol. The van der Waals surface area contributed by atoms with Crippen LogP contribution in [0.25, 0.3) is 6.08 Å². The summed E-state index contributed by atoms with van der Waals surface area (Å²) in [4.78, 5) is 32.1. The number of allylic oxidation sites excluding steroid dienone is 1. The molecule has 3 aromatic rings. The maximum Gasteiger partial charge on any atom is 0.338 e. The zero-order valence-corrected chi connectivity index (χ0v) is 22.6. The Hall–Kier alpha value is -3.21. The molecule has 0 bridgehead atoms. The number of hydrogen-bond donors (Lipinski definition) is 0. The van der Waals surface area contributed by atoms with Gasteiger partial charge in [0.15, 0.2) is 4.80 Å². The number of ether oxygens (including phenoxy) is 4. The molecule has 0 radical (unpaired) electrons. The Balaban J connectivity index is 1.95. The van der Waals surface area contributed by atoms with E-state index in [9.17, 15) is 9.59 Å². The first-order valence-corrected chi connectivity index (χ1v) is 12.7. The highest BCUT2D eigenvalue weighted by Gasteiger charge is 2.35. The van der Waals surface area contributed by atoms with E-state index in [4.69, 9.17) is 18.9 Å². The Bertz CT molecular complexity index is 1510. The van der Waals surface area contributed by atoms with Gasteiger partial charge in [0.05, 0.1) is 36.6 Å². The largest absolute Gasteiger partial charge is 0.496 e. The van der Waals surface area contributed by atoms with Gasteiger partial charge in [-0.3, -0.25) is 9.36 Å². The molecule has 2 heterocycles. The average Bonchev–Trinajstić information content (AvgIpc) is 3.17. The molecular formula is C26H25BrN2O6S. The predicted octanol–water partition coefficient (Wildman–Crippen LogP) is 3.20. The molecule has 10 heteroatoms. The van der Waals surface area contributed by atoms with Crippen LogP contribution >= 0.6 is 27.3 Å². The molecule has 0 aliphatic carbocycles. The third-order valence-corrected chi connectivity index (χ3v) is 7.15. The molecule has 0 saturated carbocycles. The van der Waals surface area contributed by atoms with Crippen molar-refractivity contribution in [2.75, 3.05) is 34.5 Å². The van der Waals surface area contributed by atoms with E-state index in [-0.39, 0.29) is 24.3 Å². The van der Waals surface area contributed by atoms with Gasteiger partial charge in [-0.05, 0) is 37.3 Å². The van der Waals surface area contributed by atoms with Crippen molar-refractivity contribution in [2.45, 2.75) is 13.0 Å². The summed E-state index contributed by atoms with van der Waals surface area (Å²) in [7, 11) is 4.66. The maximum absolute atomic E-state index is 13.8. The summed E-state index contributed by atoms with van der Waals surface area (Å²) in [5, 5.41) is 0. The van der Waals surface area contributed by atoms with E-state index in [0.29, 0.717) is 32.1 Å². The van der Waals surface area contributed by atoms with Crippen molar-refractivity contribution in [3.05, 3.63) is 89.0 Å². The van der Waals surface area contributed by atoms with Crippen LogP contribution in [-0.4, -0.2) is 45.1 Å². The highest BCUT2D eigenvalue weighted by molar-refractivity contribution is 9.10. The van der Waals surface area contributed by atoms with E-state index in [0.717, 1.165) is 10.0 Å². The molecule has 4 rings (SSSR count). The Morgan fingerprint density at radius 2 is 1.86 bits per heavy atom. The number of rotatable bonds is 8. The number of thiazole rings is 1. The second kappa shape index (κ2) is 11.2. The smallest absolute Gasteiger partial charge is 0.338 e. The second-order valence-electron chi connectivity index (χ2n) is 7.84. The van der Waals surface area contributed by atoms with E-state index < -0.39 is 12.0 Å². The number of carbonyl (C=O) groups is 1. The van der Waals surface area contributed by atoms with Gasteiger partial charge in [0.25, 0.3) is 5.56 Å². The van der Waals surface area contributed by atoms with Crippen LogP contribution in [0, 0.1) is 0 Å². The molecule has 188 valence electrons. The van der Waals surface area contributed by atoms with E-state index in [1.54, 1.807) is 33.3 Å². The van der Waals surface area contributed by atoms with E-state index in [2.05, 4.69) is 20.9 Å². The van der Waals surface area contributed by atoms with Crippen molar-refractivity contribution in [3.63, 3.8) is 0 Å². The van der Waals surface area contributed by atoms with E-state index in [1.807, 2.05) is 36.4 Å². The van der Waals surface area contributed by atoms with Gasteiger partial charge in [0.1, 0.15) is 24.1 Å². The molecule has 0 N–H and O–H groups in total. The van der Waals surface area contributed by atoms with Gasteiger partial charge in [0.2, 0.25) is 0 Å². The van der Waals surface area contributed by atoms with Crippen molar-refractivity contribution >= 4 is 39.3 Å². The lowest BCUT2D eigenvalue weighted by Crippen LogP contribution is -2.40. The minimum atomic E-state index is -0.779. The summed E-state index contributed by atoms with van der Waals surface area (Å²) in [6.07, 6.45) is 1.77. The summed E-state index contributed by atoms with van der Waals surface area (Å²) >= 11 is 4.72. The van der Waals surface area contributed by atoms with Crippen molar-refractivity contribution in [3.8, 4) is 11.5 Å². The molecule has 1 unspecified atom stereocenters. The number of carbonyl (C=O) groups excluding carboxylic acids is 1. The van der Waals surface area contributed by atoms with Gasteiger partial charge in [-0.15, -0.1) is 0 Å². The zero-order chi connectivity index (χ0) is 25.8. The fraction of sp³-hybridized carbons (Fsp3) is 0.269. The van der Waals surface area contributed by atoms with Crippen LogP contribution in [0.3, 0.4) is 0 Å². The standard InChI is InChI=1S/C26H25BrN2O6S/c1-15-22(25(31)35-12-11-32-2)23(18-7-5-6-8-20(18)34-4)29-24(30)21(36-26(29)28-15)14-16-13-17(27)9-10-19(16)33-3/h5-10,13-14,23H,11-12H2,1-4H3. The van der Waals surface area contributed by atoms with Crippen LogP contribution in [0.2, 0.25) is 0 Å². The maximum atomic E-state index is 13.8. The molecule has 1 atom stereocenters. The fourth-order valence-electron chi connectivity index (χ4n) is 4.02. The second-order valence-corrected chi connectivity index (χ2v) is 9.76. The molecule has 1 aromatic heterocycles. The van der Waals surface area contributed by atoms with Crippen LogP contribution in [0.1, 0.15) is 24.1 Å².